The number of halogens is 2. The van der Waals surface area contributed by atoms with E-state index in [9.17, 15) is 4.79 Å². The minimum absolute atomic E-state index is 0.204. The standard InChI is InChI=1S/C14H8Cl2N2O2/c15-9-4-5-12(10(16)7-9)20-14-11(8-19)18-6-2-1-3-13(18)17-14/h1-8H. The Morgan fingerprint density at radius 2 is 2.05 bits per heavy atom. The van der Waals surface area contributed by atoms with Crippen LogP contribution in [-0.2, 0) is 0 Å². The summed E-state index contributed by atoms with van der Waals surface area (Å²) in [5.41, 5.74) is 0.946. The highest BCUT2D eigenvalue weighted by Gasteiger charge is 2.14. The van der Waals surface area contributed by atoms with Gasteiger partial charge in [0.15, 0.2) is 12.0 Å². The summed E-state index contributed by atoms with van der Waals surface area (Å²) in [5.74, 6) is 0.595. The van der Waals surface area contributed by atoms with Crippen molar-refractivity contribution >= 4 is 35.1 Å². The van der Waals surface area contributed by atoms with Gasteiger partial charge in [-0.3, -0.25) is 9.20 Å². The minimum atomic E-state index is 0.204. The van der Waals surface area contributed by atoms with Crippen molar-refractivity contribution < 1.29 is 9.53 Å². The molecule has 0 aliphatic rings. The average Bonchev–Trinajstić information content (AvgIpc) is 2.79. The van der Waals surface area contributed by atoms with Gasteiger partial charge in [0.05, 0.1) is 5.02 Å². The number of ether oxygens (including phenoxy) is 1. The summed E-state index contributed by atoms with van der Waals surface area (Å²) in [4.78, 5) is 15.5. The number of hydrogen-bond donors (Lipinski definition) is 0. The normalized spacial score (nSPS) is 10.7. The summed E-state index contributed by atoms with van der Waals surface area (Å²) in [6.07, 6.45) is 2.43. The summed E-state index contributed by atoms with van der Waals surface area (Å²) in [6.45, 7) is 0. The third-order valence-electron chi connectivity index (χ3n) is 2.75. The van der Waals surface area contributed by atoms with Crippen LogP contribution in [-0.4, -0.2) is 15.7 Å². The van der Waals surface area contributed by atoms with Crippen molar-refractivity contribution in [3.8, 4) is 11.6 Å². The van der Waals surface area contributed by atoms with Crippen LogP contribution in [0, 0.1) is 0 Å². The van der Waals surface area contributed by atoms with E-state index in [4.69, 9.17) is 27.9 Å². The smallest absolute Gasteiger partial charge is 0.249 e. The highest BCUT2D eigenvalue weighted by atomic mass is 35.5. The molecule has 3 rings (SSSR count). The van der Waals surface area contributed by atoms with Crippen molar-refractivity contribution in [1.29, 1.82) is 0 Å². The minimum Gasteiger partial charge on any atom is -0.435 e. The van der Waals surface area contributed by atoms with Gasteiger partial charge >= 0.3 is 0 Å². The molecule has 1 aromatic carbocycles. The number of hydrogen-bond acceptors (Lipinski definition) is 3. The van der Waals surface area contributed by atoms with Crippen molar-refractivity contribution in [2.45, 2.75) is 0 Å². The van der Waals surface area contributed by atoms with Crippen LogP contribution in [0.4, 0.5) is 0 Å². The molecular formula is C14H8Cl2N2O2. The Morgan fingerprint density at radius 1 is 1.20 bits per heavy atom. The number of fused-ring (bicyclic) bond motifs is 1. The first-order valence-electron chi connectivity index (χ1n) is 5.74. The lowest BCUT2D eigenvalue weighted by Gasteiger charge is -2.05. The van der Waals surface area contributed by atoms with Gasteiger partial charge < -0.3 is 4.74 Å². The van der Waals surface area contributed by atoms with Crippen LogP contribution < -0.4 is 4.74 Å². The fraction of sp³-hybridized carbons (Fsp3) is 0. The van der Waals surface area contributed by atoms with Gasteiger partial charge in [-0.25, -0.2) is 0 Å². The molecule has 0 saturated heterocycles. The molecule has 0 fully saturated rings. The molecule has 6 heteroatoms. The molecule has 0 saturated carbocycles. The first-order chi connectivity index (χ1) is 9.69. The van der Waals surface area contributed by atoms with E-state index in [0.29, 0.717) is 33.4 Å². The second-order valence-corrected chi connectivity index (χ2v) is 4.87. The second kappa shape index (κ2) is 5.15. The van der Waals surface area contributed by atoms with E-state index in [2.05, 4.69) is 4.98 Å². The molecule has 0 aliphatic carbocycles. The molecule has 2 heterocycles. The number of benzene rings is 1. The molecule has 0 N–H and O–H groups in total. The van der Waals surface area contributed by atoms with E-state index in [-0.39, 0.29) is 5.88 Å². The number of rotatable bonds is 3. The van der Waals surface area contributed by atoms with Crippen LogP contribution in [0.3, 0.4) is 0 Å². The average molecular weight is 307 g/mol. The highest BCUT2D eigenvalue weighted by molar-refractivity contribution is 6.35. The van der Waals surface area contributed by atoms with Crippen LogP contribution in [0.25, 0.3) is 5.65 Å². The van der Waals surface area contributed by atoms with Gasteiger partial charge in [-0.1, -0.05) is 29.3 Å². The van der Waals surface area contributed by atoms with E-state index >= 15 is 0 Å². The van der Waals surface area contributed by atoms with Crippen LogP contribution in [0.5, 0.6) is 11.6 Å². The number of aldehydes is 1. The van der Waals surface area contributed by atoms with Gasteiger partial charge in [0.25, 0.3) is 0 Å². The Labute approximate surface area is 124 Å². The number of aromatic nitrogens is 2. The molecule has 0 radical (unpaired) electrons. The van der Waals surface area contributed by atoms with E-state index in [0.717, 1.165) is 0 Å². The molecule has 100 valence electrons. The van der Waals surface area contributed by atoms with E-state index in [1.807, 2.05) is 6.07 Å². The molecule has 0 atom stereocenters. The van der Waals surface area contributed by atoms with Crippen LogP contribution in [0.15, 0.2) is 42.6 Å². The highest BCUT2D eigenvalue weighted by Crippen LogP contribution is 2.32. The van der Waals surface area contributed by atoms with E-state index in [1.54, 1.807) is 40.9 Å². The summed E-state index contributed by atoms with van der Waals surface area (Å²) in [6, 6.07) is 10.3. The summed E-state index contributed by atoms with van der Waals surface area (Å²) in [5, 5.41) is 0.861. The molecule has 0 bridgehead atoms. The maximum Gasteiger partial charge on any atom is 0.249 e. The molecule has 0 aliphatic heterocycles. The number of carbonyl (C=O) groups is 1. The molecule has 4 nitrogen and oxygen atoms in total. The first-order valence-corrected chi connectivity index (χ1v) is 6.50. The van der Waals surface area contributed by atoms with Crippen molar-refractivity contribution in [3.63, 3.8) is 0 Å². The topological polar surface area (TPSA) is 43.6 Å². The summed E-state index contributed by atoms with van der Waals surface area (Å²) < 4.78 is 7.26. The second-order valence-electron chi connectivity index (χ2n) is 4.03. The Bertz CT molecular complexity index is 799. The van der Waals surface area contributed by atoms with E-state index in [1.165, 1.54) is 0 Å². The molecule has 0 unspecified atom stereocenters. The number of pyridine rings is 1. The molecule has 20 heavy (non-hydrogen) atoms. The Hall–Kier alpha value is -2.04. The fourth-order valence-corrected chi connectivity index (χ4v) is 2.28. The monoisotopic (exact) mass is 306 g/mol. The van der Waals surface area contributed by atoms with Gasteiger partial charge in [-0.2, -0.15) is 4.98 Å². The zero-order chi connectivity index (χ0) is 14.1. The first kappa shape index (κ1) is 13.0. The Morgan fingerprint density at radius 3 is 2.80 bits per heavy atom. The number of imidazole rings is 1. The van der Waals surface area contributed by atoms with E-state index < -0.39 is 0 Å². The largest absolute Gasteiger partial charge is 0.435 e. The predicted molar refractivity (Wildman–Crippen MR) is 77.1 cm³/mol. The molecule has 2 aromatic heterocycles. The molecular weight excluding hydrogens is 299 g/mol. The van der Waals surface area contributed by atoms with Crippen LogP contribution >= 0.6 is 23.2 Å². The van der Waals surface area contributed by atoms with Gasteiger partial charge in [0.2, 0.25) is 5.88 Å². The maximum atomic E-state index is 11.2. The lowest BCUT2D eigenvalue weighted by atomic mass is 10.3. The van der Waals surface area contributed by atoms with Crippen molar-refractivity contribution in [3.05, 3.63) is 58.3 Å². The summed E-state index contributed by atoms with van der Waals surface area (Å²) in [7, 11) is 0. The quantitative estimate of drug-likeness (QED) is 0.680. The fourth-order valence-electron chi connectivity index (χ4n) is 1.84. The van der Waals surface area contributed by atoms with Crippen molar-refractivity contribution in [1.82, 2.24) is 9.38 Å². The third kappa shape index (κ3) is 2.24. The van der Waals surface area contributed by atoms with Crippen molar-refractivity contribution in [2.24, 2.45) is 0 Å². The summed E-state index contributed by atoms with van der Waals surface area (Å²) >= 11 is 11.9. The van der Waals surface area contributed by atoms with Gasteiger partial charge in [-0.15, -0.1) is 0 Å². The third-order valence-corrected chi connectivity index (χ3v) is 3.28. The van der Waals surface area contributed by atoms with Crippen molar-refractivity contribution in [2.75, 3.05) is 0 Å². The number of carbonyl (C=O) groups excluding carboxylic acids is 1. The van der Waals surface area contributed by atoms with Crippen LogP contribution in [0.1, 0.15) is 10.5 Å². The molecule has 3 aromatic rings. The number of nitrogens with zero attached hydrogens (tertiary/aromatic N) is 2. The SMILES string of the molecule is O=Cc1c(Oc2ccc(Cl)cc2Cl)nc2ccccn12. The van der Waals surface area contributed by atoms with Gasteiger partial charge in [0.1, 0.15) is 11.4 Å². The lowest BCUT2D eigenvalue weighted by Crippen LogP contribution is -1.93. The van der Waals surface area contributed by atoms with Crippen LogP contribution in [0.2, 0.25) is 10.0 Å². The van der Waals surface area contributed by atoms with Gasteiger partial charge in [-0.05, 0) is 30.3 Å². The maximum absolute atomic E-state index is 11.2. The van der Waals surface area contributed by atoms with Gasteiger partial charge in [0, 0.05) is 11.2 Å². The lowest BCUT2D eigenvalue weighted by molar-refractivity contribution is 0.111. The Kier molecular flexibility index (Phi) is 3.34. The zero-order valence-electron chi connectivity index (χ0n) is 10.1. The Balaban J connectivity index is 2.08. The molecule has 0 amide bonds. The predicted octanol–water partition coefficient (Wildman–Crippen LogP) is 4.25. The zero-order valence-corrected chi connectivity index (χ0v) is 11.6. The molecule has 0 spiro atoms.